The fourth-order valence-corrected chi connectivity index (χ4v) is 3.63. The summed E-state index contributed by atoms with van der Waals surface area (Å²) in [6.07, 6.45) is 1.66. The molecular formula is C21H17N3O4S. The summed E-state index contributed by atoms with van der Waals surface area (Å²) >= 11 is 1.35. The lowest BCUT2D eigenvalue weighted by Gasteiger charge is -2.06. The molecular weight excluding hydrogens is 390 g/mol. The van der Waals surface area contributed by atoms with Gasteiger partial charge in [0.05, 0.1) is 12.8 Å². The van der Waals surface area contributed by atoms with E-state index < -0.39 is 5.97 Å². The van der Waals surface area contributed by atoms with E-state index in [1.54, 1.807) is 24.8 Å². The summed E-state index contributed by atoms with van der Waals surface area (Å²) < 4.78 is 11.9. The minimum Gasteiger partial charge on any atom is -0.497 e. The molecule has 4 aromatic rings. The number of rotatable bonds is 5. The van der Waals surface area contributed by atoms with Crippen LogP contribution in [0.4, 0.5) is 0 Å². The number of fused-ring (bicyclic) bond motifs is 1. The van der Waals surface area contributed by atoms with Gasteiger partial charge < -0.3 is 9.47 Å². The highest BCUT2D eigenvalue weighted by Gasteiger charge is 2.14. The van der Waals surface area contributed by atoms with Crippen LogP contribution in [0.5, 0.6) is 5.75 Å². The number of hydrogen-bond acceptors (Lipinski definition) is 7. The summed E-state index contributed by atoms with van der Waals surface area (Å²) in [6.45, 7) is 1.77. The van der Waals surface area contributed by atoms with Crippen LogP contribution in [-0.4, -0.2) is 27.4 Å². The zero-order chi connectivity index (χ0) is 20.4. The van der Waals surface area contributed by atoms with E-state index in [9.17, 15) is 9.59 Å². The van der Waals surface area contributed by atoms with Gasteiger partial charge in [-0.15, -0.1) is 11.3 Å². The summed E-state index contributed by atoms with van der Waals surface area (Å²) in [4.78, 5) is 33.4. The molecule has 0 aliphatic rings. The molecule has 0 spiro atoms. The largest absolute Gasteiger partial charge is 0.497 e. The lowest BCUT2D eigenvalue weighted by atomic mass is 10.2. The normalized spacial score (nSPS) is 10.8. The Morgan fingerprint density at radius 1 is 1.17 bits per heavy atom. The standard InChI is InChI=1S/C21H17N3O4S/c1-13-4-3-9-24-18(25)10-15(22-19(13)24)11-28-21(26)17-12-29-20(23-17)14-5-7-16(27-2)8-6-14/h3-10,12H,11H2,1-2H3. The monoisotopic (exact) mass is 407 g/mol. The smallest absolute Gasteiger partial charge is 0.358 e. The number of esters is 1. The van der Waals surface area contributed by atoms with Crippen LogP contribution in [0.2, 0.25) is 0 Å². The molecule has 4 rings (SSSR count). The molecule has 0 aliphatic carbocycles. The Hall–Kier alpha value is -3.52. The summed E-state index contributed by atoms with van der Waals surface area (Å²) in [5, 5.41) is 2.35. The van der Waals surface area contributed by atoms with Gasteiger partial charge in [-0.2, -0.15) is 0 Å². The van der Waals surface area contributed by atoms with Gasteiger partial charge in [-0.25, -0.2) is 14.8 Å². The van der Waals surface area contributed by atoms with E-state index in [4.69, 9.17) is 9.47 Å². The van der Waals surface area contributed by atoms with Crippen molar-refractivity contribution in [1.82, 2.24) is 14.4 Å². The Labute approximate surface area is 170 Å². The van der Waals surface area contributed by atoms with Crippen LogP contribution in [-0.2, 0) is 11.3 Å². The SMILES string of the molecule is COc1ccc(-c2nc(C(=O)OCc3cc(=O)n4cccc(C)c4n3)cs2)cc1. The predicted molar refractivity (Wildman–Crippen MR) is 109 cm³/mol. The van der Waals surface area contributed by atoms with Gasteiger partial charge in [0.1, 0.15) is 23.0 Å². The molecule has 3 aromatic heterocycles. The Kier molecular flexibility index (Phi) is 5.09. The number of carbonyl (C=O) groups is 1. The van der Waals surface area contributed by atoms with Gasteiger partial charge in [0, 0.05) is 23.2 Å². The third-order valence-electron chi connectivity index (χ3n) is 4.34. The maximum Gasteiger partial charge on any atom is 0.358 e. The molecule has 0 radical (unpaired) electrons. The number of nitrogens with zero attached hydrogens (tertiary/aromatic N) is 3. The van der Waals surface area contributed by atoms with Gasteiger partial charge in [0.25, 0.3) is 5.56 Å². The average molecular weight is 407 g/mol. The molecule has 0 aliphatic heterocycles. The van der Waals surface area contributed by atoms with Crippen LogP contribution in [0.3, 0.4) is 0 Å². The maximum atomic E-state index is 12.4. The first-order valence-electron chi connectivity index (χ1n) is 8.80. The van der Waals surface area contributed by atoms with Crippen molar-refractivity contribution in [3.63, 3.8) is 0 Å². The molecule has 0 saturated heterocycles. The number of aromatic nitrogens is 3. The van der Waals surface area contributed by atoms with Crippen molar-refractivity contribution in [2.24, 2.45) is 0 Å². The quantitative estimate of drug-likeness (QED) is 0.471. The van der Waals surface area contributed by atoms with Crippen LogP contribution < -0.4 is 10.3 Å². The third kappa shape index (κ3) is 3.88. The van der Waals surface area contributed by atoms with E-state index in [0.717, 1.165) is 16.9 Å². The Morgan fingerprint density at radius 2 is 1.97 bits per heavy atom. The third-order valence-corrected chi connectivity index (χ3v) is 5.23. The van der Waals surface area contributed by atoms with E-state index >= 15 is 0 Å². The molecule has 3 heterocycles. The second-order valence-electron chi connectivity index (χ2n) is 6.31. The molecule has 0 saturated carbocycles. The molecule has 1 aromatic carbocycles. The number of pyridine rings is 1. The molecule has 8 heteroatoms. The zero-order valence-corrected chi connectivity index (χ0v) is 16.6. The van der Waals surface area contributed by atoms with Crippen molar-refractivity contribution in [3.8, 4) is 16.3 Å². The zero-order valence-electron chi connectivity index (χ0n) is 15.8. The van der Waals surface area contributed by atoms with Crippen molar-refractivity contribution < 1.29 is 14.3 Å². The van der Waals surface area contributed by atoms with Crippen LogP contribution in [0.25, 0.3) is 16.2 Å². The molecule has 29 heavy (non-hydrogen) atoms. The van der Waals surface area contributed by atoms with Crippen molar-refractivity contribution >= 4 is 23.0 Å². The Bertz CT molecular complexity index is 1250. The fraction of sp³-hybridized carbons (Fsp3) is 0.143. The number of methoxy groups -OCH3 is 1. The summed E-state index contributed by atoms with van der Waals surface area (Å²) in [7, 11) is 1.60. The van der Waals surface area contributed by atoms with E-state index in [1.807, 2.05) is 37.3 Å². The number of hydrogen-bond donors (Lipinski definition) is 0. The van der Waals surface area contributed by atoms with Crippen molar-refractivity contribution in [3.05, 3.63) is 81.3 Å². The molecule has 0 atom stereocenters. The van der Waals surface area contributed by atoms with E-state index in [1.165, 1.54) is 21.8 Å². The molecule has 146 valence electrons. The highest BCUT2D eigenvalue weighted by Crippen LogP contribution is 2.26. The first-order valence-corrected chi connectivity index (χ1v) is 9.68. The molecule has 7 nitrogen and oxygen atoms in total. The summed E-state index contributed by atoms with van der Waals surface area (Å²) in [6, 6.07) is 12.4. The lowest BCUT2D eigenvalue weighted by molar-refractivity contribution is 0.0462. The highest BCUT2D eigenvalue weighted by molar-refractivity contribution is 7.13. The molecule has 0 N–H and O–H groups in total. The van der Waals surface area contributed by atoms with Gasteiger partial charge >= 0.3 is 5.97 Å². The second kappa shape index (κ2) is 7.84. The van der Waals surface area contributed by atoms with E-state index in [2.05, 4.69) is 9.97 Å². The Balaban J connectivity index is 1.49. The van der Waals surface area contributed by atoms with Crippen LogP contribution in [0.1, 0.15) is 21.7 Å². The van der Waals surface area contributed by atoms with E-state index in [-0.39, 0.29) is 17.9 Å². The second-order valence-corrected chi connectivity index (χ2v) is 7.17. The van der Waals surface area contributed by atoms with Crippen molar-refractivity contribution in [2.45, 2.75) is 13.5 Å². The topological polar surface area (TPSA) is 82.8 Å². The van der Waals surface area contributed by atoms with Gasteiger partial charge in [-0.05, 0) is 42.8 Å². The number of benzene rings is 1. The van der Waals surface area contributed by atoms with Gasteiger partial charge in [0.2, 0.25) is 0 Å². The summed E-state index contributed by atoms with van der Waals surface area (Å²) in [5.74, 6) is 0.187. The fourth-order valence-electron chi connectivity index (χ4n) is 2.83. The molecule has 0 fully saturated rings. The van der Waals surface area contributed by atoms with Crippen molar-refractivity contribution in [1.29, 1.82) is 0 Å². The van der Waals surface area contributed by atoms with Gasteiger partial charge in [-0.3, -0.25) is 9.20 Å². The Morgan fingerprint density at radius 3 is 2.72 bits per heavy atom. The van der Waals surface area contributed by atoms with Crippen LogP contribution in [0, 0.1) is 6.92 Å². The van der Waals surface area contributed by atoms with Crippen molar-refractivity contribution in [2.75, 3.05) is 7.11 Å². The van der Waals surface area contributed by atoms with Gasteiger partial charge in [0.15, 0.2) is 5.69 Å². The molecule has 0 amide bonds. The lowest BCUT2D eigenvalue weighted by Crippen LogP contribution is -2.17. The minimum absolute atomic E-state index is 0.103. The first kappa shape index (κ1) is 18.8. The average Bonchev–Trinajstić information content (AvgIpc) is 3.23. The number of thiazole rings is 1. The predicted octanol–water partition coefficient (Wildman–Crippen LogP) is 3.49. The van der Waals surface area contributed by atoms with E-state index in [0.29, 0.717) is 16.3 Å². The maximum absolute atomic E-state index is 12.4. The first-order chi connectivity index (χ1) is 14.0. The minimum atomic E-state index is -0.562. The van der Waals surface area contributed by atoms with Crippen LogP contribution in [0.15, 0.2) is 58.8 Å². The molecule has 0 bridgehead atoms. The van der Waals surface area contributed by atoms with Crippen LogP contribution >= 0.6 is 11.3 Å². The summed E-state index contributed by atoms with van der Waals surface area (Å²) in [5.41, 5.74) is 2.68. The number of aryl methyl sites for hydroxylation is 1. The highest BCUT2D eigenvalue weighted by atomic mass is 32.1. The van der Waals surface area contributed by atoms with Gasteiger partial charge in [-0.1, -0.05) is 6.07 Å². The number of carbonyl (C=O) groups excluding carboxylic acids is 1. The molecule has 0 unspecified atom stereocenters. The number of ether oxygens (including phenoxy) is 2.